The average molecular weight is 1670 g/mol. The number of hydrogen-bond donors (Lipinski definition) is 22. The van der Waals surface area contributed by atoms with Gasteiger partial charge in [-0.1, -0.05) is 86.1 Å². The van der Waals surface area contributed by atoms with Crippen molar-refractivity contribution in [2.75, 3.05) is 6.61 Å². The summed E-state index contributed by atoms with van der Waals surface area (Å²) in [5, 5.41) is 231. The summed E-state index contributed by atoms with van der Waals surface area (Å²) in [5.41, 5.74) is 12.1. The van der Waals surface area contributed by atoms with E-state index in [-0.39, 0.29) is 62.5 Å². The van der Waals surface area contributed by atoms with Crippen LogP contribution in [-0.2, 0) is 61.6 Å². The van der Waals surface area contributed by atoms with Gasteiger partial charge in [0.1, 0.15) is 73.2 Å². The molecular formula is C81H144N2O33. The molecule has 24 N–H and O–H groups in total. The largest absolute Gasteiger partial charge is 0.458 e. The lowest BCUT2D eigenvalue weighted by molar-refractivity contribution is -0.389. The summed E-state index contributed by atoms with van der Waals surface area (Å²) in [6.45, 7) is 22.2. The summed E-state index contributed by atoms with van der Waals surface area (Å²) in [5.74, 6) is -8.74. The van der Waals surface area contributed by atoms with Crippen molar-refractivity contribution in [2.45, 2.75) is 425 Å². The Bertz CT molecular complexity index is 3010. The number of esters is 1. The van der Waals surface area contributed by atoms with Crippen LogP contribution in [0, 0.1) is 35.5 Å². The van der Waals surface area contributed by atoms with Crippen LogP contribution in [0.3, 0.4) is 0 Å². The lowest BCUT2D eigenvalue weighted by atomic mass is 9.82. The minimum Gasteiger partial charge on any atom is -0.458 e. The van der Waals surface area contributed by atoms with E-state index in [4.69, 9.17) is 68.3 Å². The van der Waals surface area contributed by atoms with E-state index in [0.717, 1.165) is 0 Å². The van der Waals surface area contributed by atoms with Gasteiger partial charge < -0.3 is 170 Å². The number of carbonyl (C=O) groups is 1. The van der Waals surface area contributed by atoms with Crippen LogP contribution in [0.15, 0.2) is 35.5 Å². The first-order valence-corrected chi connectivity index (χ1v) is 41.9. The quantitative estimate of drug-likeness (QED) is 0.0424. The molecule has 6 fully saturated rings. The van der Waals surface area contributed by atoms with Crippen molar-refractivity contribution < 1.29 is 164 Å². The molecule has 1 unspecified atom stereocenters. The third-order valence-electron chi connectivity index (χ3n) is 25.4. The fraction of sp³-hybridized carbons (Fsp3) is 0.914. The zero-order valence-corrected chi connectivity index (χ0v) is 69.8. The van der Waals surface area contributed by atoms with Gasteiger partial charge in [0.25, 0.3) is 0 Å². The first-order valence-electron chi connectivity index (χ1n) is 41.9. The van der Waals surface area contributed by atoms with E-state index in [1.54, 1.807) is 60.6 Å². The number of ether oxygens (including phenoxy) is 12. The zero-order chi connectivity index (χ0) is 86.6. The van der Waals surface area contributed by atoms with E-state index < -0.39 is 306 Å². The molecular weight excluding hydrogens is 1530 g/mol. The first kappa shape index (κ1) is 100. The maximum Gasteiger partial charge on any atom is 0.333 e. The van der Waals surface area contributed by atoms with E-state index in [0.29, 0.717) is 19.3 Å². The molecule has 35 heteroatoms. The third-order valence-corrected chi connectivity index (χ3v) is 25.4. The van der Waals surface area contributed by atoms with Crippen molar-refractivity contribution in [3.8, 4) is 0 Å². The Balaban J connectivity index is 1.24. The van der Waals surface area contributed by atoms with E-state index in [9.17, 15) is 107 Å². The molecule has 0 aromatic rings. The Labute approximate surface area is 681 Å². The minimum atomic E-state index is -2.79. The molecule has 0 radical (unpaired) electrons. The Morgan fingerprint density at radius 2 is 1.19 bits per heavy atom. The molecule has 35 nitrogen and oxygen atoms in total. The summed E-state index contributed by atoms with van der Waals surface area (Å²) in [6, 6.07) is -0.877. The summed E-state index contributed by atoms with van der Waals surface area (Å²) in [6.07, 6.45) is -44.7. The number of fused-ring (bicyclic) bond motifs is 2. The van der Waals surface area contributed by atoms with Gasteiger partial charge in [0.2, 0.25) is 0 Å². The molecule has 0 amide bonds. The normalized spacial score (nSPS) is 47.6. The Kier molecular flexibility index (Phi) is 38.8. The highest BCUT2D eigenvalue weighted by Gasteiger charge is 2.57. The highest BCUT2D eigenvalue weighted by atomic mass is 16.8. The van der Waals surface area contributed by atoms with Gasteiger partial charge in [-0.3, -0.25) is 0 Å². The Morgan fingerprint density at radius 1 is 0.595 bits per heavy atom. The number of carbonyl (C=O) groups excluding carboxylic acids is 1. The number of rotatable bonds is 22. The SMILES string of the molecule is CCC[C@@H](O[C@H]1C[C@](C)(N)[C@H](O)[C@H](C)O1)[C@@H](C)[C@@H](O)[C@H](/C=C/[C@H](O)[C@@H](C)[C@@H]1C/C=C(\C)[C@@H](O)[C@@H](C)[C@@H](O[C@@H]2O[C@H](CO)[C@@H](O)[C@H](O)[C@@H]2O)C[C@@H](O)[C@@H](C)[C@@H](O)CC2C[C@H](O)[C@@H](O)[C@@](O)(C[C@H](O[C@@H]3O[C@H](C)[C@@H](O)[C@H](O[C@H]4C[C@@H](N)[C@H](O)[C@@H](C)O4)[C@H]3O[C@@H]3O[C@H](C)[C@@H](O)[C@H](O)[C@H]3O)[C@@H](C)CC[C@@H](O)C[C@@H](O)C/C=C(\CC)C(=O)O1)O2)CC. The van der Waals surface area contributed by atoms with Crippen LogP contribution >= 0.6 is 0 Å². The van der Waals surface area contributed by atoms with Crippen LogP contribution in [0.25, 0.3) is 0 Å². The zero-order valence-electron chi connectivity index (χ0n) is 69.8. The van der Waals surface area contributed by atoms with Gasteiger partial charge in [-0.25, -0.2) is 4.79 Å². The van der Waals surface area contributed by atoms with Crippen molar-refractivity contribution in [3.63, 3.8) is 0 Å². The van der Waals surface area contributed by atoms with E-state index >= 15 is 0 Å². The van der Waals surface area contributed by atoms with Crippen LogP contribution in [0.2, 0.25) is 0 Å². The van der Waals surface area contributed by atoms with Gasteiger partial charge in [0.15, 0.2) is 37.2 Å². The molecule has 0 aliphatic carbocycles. The molecule has 7 rings (SSSR count). The van der Waals surface area contributed by atoms with Crippen molar-refractivity contribution >= 4 is 5.97 Å². The minimum absolute atomic E-state index is 0.0139. The van der Waals surface area contributed by atoms with Crippen LogP contribution in [0.5, 0.6) is 0 Å². The number of hydrogen-bond acceptors (Lipinski definition) is 35. The second-order valence-electron chi connectivity index (χ2n) is 34.7. The molecule has 676 valence electrons. The fourth-order valence-electron chi connectivity index (χ4n) is 16.8. The number of nitrogens with two attached hydrogens (primary N) is 2. The summed E-state index contributed by atoms with van der Waals surface area (Å²) in [7, 11) is 0. The second kappa shape index (κ2) is 44.8. The van der Waals surface area contributed by atoms with Crippen LogP contribution in [0.4, 0.5) is 0 Å². The lowest BCUT2D eigenvalue weighted by Gasteiger charge is -2.50. The molecule has 116 heavy (non-hydrogen) atoms. The summed E-state index contributed by atoms with van der Waals surface area (Å²) in [4.78, 5) is 14.6. The van der Waals surface area contributed by atoms with Gasteiger partial charge in [0.05, 0.1) is 116 Å². The third kappa shape index (κ3) is 25.8. The predicted molar refractivity (Wildman–Crippen MR) is 412 cm³/mol. The second-order valence-corrected chi connectivity index (χ2v) is 34.7. The Morgan fingerprint density at radius 3 is 1.81 bits per heavy atom. The van der Waals surface area contributed by atoms with Crippen molar-refractivity contribution in [1.29, 1.82) is 0 Å². The van der Waals surface area contributed by atoms with E-state index in [1.807, 2.05) is 20.8 Å². The highest BCUT2D eigenvalue weighted by Crippen LogP contribution is 2.42. The molecule has 7 aliphatic rings. The monoisotopic (exact) mass is 1670 g/mol. The first-order chi connectivity index (χ1) is 54.3. The van der Waals surface area contributed by atoms with Gasteiger partial charge in [-0.15, -0.1) is 0 Å². The van der Waals surface area contributed by atoms with E-state index in [2.05, 4.69) is 0 Å². The highest BCUT2D eigenvalue weighted by molar-refractivity contribution is 5.88. The predicted octanol–water partition coefficient (Wildman–Crippen LogP) is -1.70. The standard InChI is InChI=1S/C81H144N2O33/c1-15-18-55(109-61-33-80(14,83)74(101)44(13)106-61)39(8)63(92)45(16-2)22-25-51(87)38(7)56-26-20-36(5)62(91)40(9)57(111-78-71(100)69(98)67(96)59(34-84)113-78)31-53(89)37(6)52(88)28-49-29-54(90)75(102)81(104,116-49)32-58(35(4)19-23-47(85)27-48(86)24-21-46(17-3)76(103)110-56)112-79-73(115-77-70(99)68(97)65(94)42(11)107-77)72(66(95)43(12)108-79)114-60-30-50(82)64(93)41(10)105-60/h20-22,25,35,37-45,47-75,77-79,84-102,104H,15-19,23-24,26-34,82-83H2,1-14H3/b25-22+,36-20+,46-21+/t35-,37-,38+,39+,40-,41+,42+,43+,44-,45-,47+,48-,49?,50+,51-,52-,53+,54-,55+,56-,57-,58-,59+,60-,61-,62+,63+,64+,65+,66+,67+,68-,69-,70+,71-,72-,73+,74+,75+,77-,78+,79-,80-,81+/m0/s1. The number of cyclic esters (lactones) is 1. The smallest absolute Gasteiger partial charge is 0.333 e. The molecule has 0 saturated carbocycles. The molecule has 0 aromatic carbocycles. The molecule has 7 heterocycles. The van der Waals surface area contributed by atoms with Gasteiger partial charge in [0, 0.05) is 91.7 Å². The fourth-order valence-corrected chi connectivity index (χ4v) is 16.8. The van der Waals surface area contributed by atoms with Crippen LogP contribution < -0.4 is 11.5 Å². The van der Waals surface area contributed by atoms with Crippen LogP contribution in [0.1, 0.15) is 193 Å². The Hall–Kier alpha value is -2.63. The topological polar surface area (TPSA) is 584 Å². The van der Waals surface area contributed by atoms with Crippen LogP contribution in [-0.4, -0.2) is 347 Å². The molecule has 44 atom stereocenters. The number of aliphatic hydroxyl groups is 20. The summed E-state index contributed by atoms with van der Waals surface area (Å²) < 4.78 is 75.2. The summed E-state index contributed by atoms with van der Waals surface area (Å²) >= 11 is 0. The maximum atomic E-state index is 14.6. The van der Waals surface area contributed by atoms with Crippen molar-refractivity contribution in [1.82, 2.24) is 0 Å². The van der Waals surface area contributed by atoms with Crippen molar-refractivity contribution in [3.05, 3.63) is 35.5 Å². The lowest BCUT2D eigenvalue weighted by Crippen LogP contribution is -2.65. The van der Waals surface area contributed by atoms with E-state index in [1.165, 1.54) is 39.8 Å². The molecule has 0 spiro atoms. The number of aliphatic hydroxyl groups excluding tert-OH is 19. The maximum absolute atomic E-state index is 14.6. The average Bonchev–Trinajstić information content (AvgIpc) is 0.772. The molecule has 0 aromatic heterocycles. The molecule has 6 saturated heterocycles. The molecule has 7 aliphatic heterocycles. The van der Waals surface area contributed by atoms with Crippen molar-refractivity contribution in [2.24, 2.45) is 47.0 Å². The van der Waals surface area contributed by atoms with Gasteiger partial charge in [-0.05, 0) is 98.0 Å². The molecule has 2 bridgehead atoms. The van der Waals surface area contributed by atoms with Gasteiger partial charge in [-0.2, -0.15) is 0 Å². The van der Waals surface area contributed by atoms with Gasteiger partial charge >= 0.3 is 5.97 Å².